The van der Waals surface area contributed by atoms with E-state index in [2.05, 4.69) is 20.3 Å². The van der Waals surface area contributed by atoms with Crippen LogP contribution in [0.2, 0.25) is 0 Å². The Morgan fingerprint density at radius 1 is 1.10 bits per heavy atom. The van der Waals surface area contributed by atoms with E-state index in [0.29, 0.717) is 43.1 Å². The Balaban J connectivity index is 1.29. The Kier molecular flexibility index (Phi) is 6.04. The molecule has 11 heteroatoms. The number of hydrogen-bond donors (Lipinski definition) is 0. The first-order valence-electron chi connectivity index (χ1n) is 13.9. The van der Waals surface area contributed by atoms with Gasteiger partial charge in [-0.05, 0) is 105 Å². The molecule has 4 aromatic rings. The molecule has 3 heterocycles. The first-order valence-corrected chi connectivity index (χ1v) is 15.4. The first kappa shape index (κ1) is 25.9. The molecular formula is C30H29FN6O3S. The summed E-state index contributed by atoms with van der Waals surface area (Å²) in [7, 11) is -3.84. The van der Waals surface area contributed by atoms with Crippen molar-refractivity contribution in [3.63, 3.8) is 0 Å². The van der Waals surface area contributed by atoms with Crippen LogP contribution in [-0.4, -0.2) is 49.2 Å². The third-order valence-electron chi connectivity index (χ3n) is 8.63. The van der Waals surface area contributed by atoms with Crippen LogP contribution in [0, 0.1) is 24.1 Å². The van der Waals surface area contributed by atoms with E-state index >= 15 is 0 Å². The number of rotatable bonds is 7. The zero-order valence-electron chi connectivity index (χ0n) is 22.6. The average Bonchev–Trinajstić information content (AvgIpc) is 3.49. The normalized spacial score (nSPS) is 22.1. The van der Waals surface area contributed by atoms with Gasteiger partial charge in [0.1, 0.15) is 11.5 Å². The molecule has 0 bridgehead atoms. The Labute approximate surface area is 237 Å². The molecule has 0 spiro atoms. The van der Waals surface area contributed by atoms with Crippen molar-refractivity contribution in [1.82, 2.24) is 29.8 Å². The summed E-state index contributed by atoms with van der Waals surface area (Å²) in [6.07, 6.45) is 10.0. The highest BCUT2D eigenvalue weighted by atomic mass is 32.2. The van der Waals surface area contributed by atoms with Gasteiger partial charge in [-0.2, -0.15) is 15.0 Å². The molecule has 0 amide bonds. The summed E-state index contributed by atoms with van der Waals surface area (Å²) in [6, 6.07) is 9.67. The zero-order chi connectivity index (χ0) is 28.4. The van der Waals surface area contributed by atoms with E-state index in [1.807, 2.05) is 19.1 Å². The van der Waals surface area contributed by atoms with Gasteiger partial charge in [0.05, 0.1) is 41.0 Å². The lowest BCUT2D eigenvalue weighted by Crippen LogP contribution is -2.46. The van der Waals surface area contributed by atoms with Gasteiger partial charge < -0.3 is 0 Å². The maximum Gasteiger partial charge on any atom is 0.201 e. The maximum atomic E-state index is 14.4. The largest absolute Gasteiger partial charge is 0.291 e. The number of pyridine rings is 1. The van der Waals surface area contributed by atoms with E-state index in [-0.39, 0.29) is 23.0 Å². The molecule has 0 N–H and O–H groups in total. The smallest absolute Gasteiger partial charge is 0.201 e. The van der Waals surface area contributed by atoms with Crippen molar-refractivity contribution in [2.45, 2.75) is 62.3 Å². The molecule has 3 aliphatic carbocycles. The van der Waals surface area contributed by atoms with E-state index in [9.17, 15) is 17.6 Å². The van der Waals surface area contributed by atoms with Crippen LogP contribution in [0.15, 0.2) is 65.6 Å². The first-order chi connectivity index (χ1) is 19.7. The lowest BCUT2D eigenvalue weighted by atomic mass is 9.61. The topological polar surface area (TPSA) is 113 Å². The van der Waals surface area contributed by atoms with Crippen LogP contribution in [0.3, 0.4) is 0 Å². The molecule has 1 aromatic carbocycles. The molecule has 2 saturated carbocycles. The predicted molar refractivity (Wildman–Crippen MR) is 149 cm³/mol. The summed E-state index contributed by atoms with van der Waals surface area (Å²) in [5, 5.41) is 12.3. The number of allylic oxidation sites excluding steroid dienone is 1. The minimum atomic E-state index is -3.84. The quantitative estimate of drug-likeness (QED) is 0.299. The molecule has 41 heavy (non-hydrogen) atoms. The number of nitrogens with zero attached hydrogens (tertiary/aromatic N) is 6. The minimum absolute atomic E-state index is 0.0347. The van der Waals surface area contributed by atoms with E-state index in [1.165, 1.54) is 23.1 Å². The SMILES string of the molecule is Cc1ccnc(C(=O)[C@]23Cc4cnn(-c5ccc(F)cc5)c4C=C2CC[C@H](S(=O)(=O)c2cnn(CC4CC4)n2)C3)c1. The number of carbonyl (C=O) groups is 1. The molecule has 0 saturated heterocycles. The number of fused-ring (bicyclic) bond motifs is 2. The molecule has 3 aromatic heterocycles. The third kappa shape index (κ3) is 4.52. The molecule has 2 atom stereocenters. The van der Waals surface area contributed by atoms with Crippen LogP contribution in [0.5, 0.6) is 0 Å². The molecule has 0 unspecified atom stereocenters. The number of ketones is 1. The fourth-order valence-corrected chi connectivity index (χ4v) is 7.90. The van der Waals surface area contributed by atoms with Crippen LogP contribution in [0.4, 0.5) is 4.39 Å². The molecule has 0 aliphatic heterocycles. The molecule has 2 fully saturated rings. The maximum absolute atomic E-state index is 14.4. The summed E-state index contributed by atoms with van der Waals surface area (Å²) >= 11 is 0. The van der Waals surface area contributed by atoms with Crippen LogP contribution < -0.4 is 0 Å². The van der Waals surface area contributed by atoms with Gasteiger partial charge in [-0.25, -0.2) is 17.5 Å². The van der Waals surface area contributed by atoms with Crippen molar-refractivity contribution < 1.29 is 17.6 Å². The van der Waals surface area contributed by atoms with E-state index in [0.717, 1.165) is 35.2 Å². The van der Waals surface area contributed by atoms with Crippen LogP contribution in [0.25, 0.3) is 11.8 Å². The third-order valence-corrected chi connectivity index (χ3v) is 10.7. The van der Waals surface area contributed by atoms with Gasteiger partial charge >= 0.3 is 0 Å². The second-order valence-corrected chi connectivity index (χ2v) is 13.7. The number of benzene rings is 1. The van der Waals surface area contributed by atoms with Crippen molar-refractivity contribution in [1.29, 1.82) is 0 Å². The van der Waals surface area contributed by atoms with E-state index in [1.54, 1.807) is 35.3 Å². The van der Waals surface area contributed by atoms with Gasteiger partial charge in [0, 0.05) is 6.20 Å². The minimum Gasteiger partial charge on any atom is -0.291 e. The highest BCUT2D eigenvalue weighted by Gasteiger charge is 2.52. The van der Waals surface area contributed by atoms with Gasteiger partial charge in [0.2, 0.25) is 9.84 Å². The Hall–Kier alpha value is -3.99. The van der Waals surface area contributed by atoms with E-state index in [4.69, 9.17) is 0 Å². The highest BCUT2D eigenvalue weighted by Crippen LogP contribution is 2.51. The van der Waals surface area contributed by atoms with Gasteiger partial charge in [-0.15, -0.1) is 5.10 Å². The van der Waals surface area contributed by atoms with Gasteiger partial charge in [-0.1, -0.05) is 5.57 Å². The van der Waals surface area contributed by atoms with Crippen molar-refractivity contribution in [2.75, 3.05) is 0 Å². The fraction of sp³-hybridized carbons (Fsp3) is 0.367. The van der Waals surface area contributed by atoms with Crippen LogP contribution in [-0.2, 0) is 22.8 Å². The van der Waals surface area contributed by atoms with Crippen molar-refractivity contribution in [3.05, 3.63) is 88.9 Å². The van der Waals surface area contributed by atoms with E-state index < -0.39 is 20.5 Å². The summed E-state index contributed by atoms with van der Waals surface area (Å²) < 4.78 is 43.1. The number of hydrogen-bond acceptors (Lipinski definition) is 7. The van der Waals surface area contributed by atoms with Crippen LogP contribution in [0.1, 0.15) is 59.4 Å². The molecular weight excluding hydrogens is 543 g/mol. The number of carbonyl (C=O) groups excluding carboxylic acids is 1. The predicted octanol–water partition coefficient (Wildman–Crippen LogP) is 4.55. The van der Waals surface area contributed by atoms with Crippen molar-refractivity contribution in [2.24, 2.45) is 11.3 Å². The van der Waals surface area contributed by atoms with Crippen molar-refractivity contribution >= 4 is 21.7 Å². The lowest BCUT2D eigenvalue weighted by Gasteiger charge is -2.43. The van der Waals surface area contributed by atoms with Gasteiger partial charge in [0.15, 0.2) is 10.8 Å². The fourth-order valence-electron chi connectivity index (χ4n) is 6.22. The number of sulfone groups is 1. The molecule has 210 valence electrons. The molecule has 7 rings (SSSR count). The number of aromatic nitrogens is 6. The number of aryl methyl sites for hydroxylation is 1. The monoisotopic (exact) mass is 572 g/mol. The number of halogens is 1. The second kappa shape index (κ2) is 9.54. The van der Waals surface area contributed by atoms with Gasteiger partial charge in [-0.3, -0.25) is 9.78 Å². The zero-order valence-corrected chi connectivity index (χ0v) is 23.4. The summed E-state index contributed by atoms with van der Waals surface area (Å²) in [5.74, 6) is -0.0178. The second-order valence-electron chi connectivity index (χ2n) is 11.5. The summed E-state index contributed by atoms with van der Waals surface area (Å²) in [5.41, 5.74) is 3.34. The number of Topliss-reactive ketones (excluding diaryl/α,β-unsaturated/α-hetero) is 1. The van der Waals surface area contributed by atoms with Crippen molar-refractivity contribution in [3.8, 4) is 5.69 Å². The Morgan fingerprint density at radius 2 is 1.90 bits per heavy atom. The summed E-state index contributed by atoms with van der Waals surface area (Å²) in [6.45, 7) is 2.52. The molecule has 9 nitrogen and oxygen atoms in total. The molecule has 0 radical (unpaired) electrons. The lowest BCUT2D eigenvalue weighted by molar-refractivity contribution is 0.0796. The highest BCUT2D eigenvalue weighted by molar-refractivity contribution is 7.92. The Morgan fingerprint density at radius 3 is 2.66 bits per heavy atom. The molecule has 3 aliphatic rings. The van der Waals surface area contributed by atoms with Gasteiger partial charge in [0.25, 0.3) is 0 Å². The standard InChI is InChI=1S/C30H29FN6O3S/c1-19-10-11-32-26(12-19)29(38)30-14-21-16-34-37(24-7-5-23(31)6-8-24)27(21)13-22(30)4-9-25(15-30)41(39,40)28-17-33-36(35-28)18-20-2-3-20/h5-8,10-13,16-17,20,25H,2-4,9,14-15,18H2,1H3/t25-,30-/m0/s1. The Bertz CT molecular complexity index is 1810. The van der Waals surface area contributed by atoms with Crippen LogP contribution >= 0.6 is 0 Å². The summed E-state index contributed by atoms with van der Waals surface area (Å²) in [4.78, 5) is 20.2. The average molecular weight is 573 g/mol.